The maximum Gasteiger partial charge on any atom is 0.201 e. The molecule has 0 fully saturated rings. The number of nitrogens with one attached hydrogen (secondary N) is 1. The zero-order valence-corrected chi connectivity index (χ0v) is 34.3. The van der Waals surface area contributed by atoms with Crippen LogP contribution in [0.5, 0.6) is 0 Å². The molecule has 0 spiro atoms. The van der Waals surface area contributed by atoms with E-state index in [0.29, 0.717) is 0 Å². The summed E-state index contributed by atoms with van der Waals surface area (Å²) in [6.45, 7) is 0. The summed E-state index contributed by atoms with van der Waals surface area (Å²) >= 11 is 0. The minimum Gasteiger partial charge on any atom is -0.346 e. The molecule has 15 rings (SSSR count). The lowest BCUT2D eigenvalue weighted by molar-refractivity contribution is 0.481. The van der Waals surface area contributed by atoms with Crippen molar-refractivity contribution in [2.75, 3.05) is 0 Å². The molecular weight excluding hydrogens is 765 g/mol. The Hall–Kier alpha value is -7.95. The Morgan fingerprint density at radius 1 is 0.508 bits per heavy atom. The van der Waals surface area contributed by atoms with Gasteiger partial charge in [0, 0.05) is 55.4 Å². The molecular formula is C59H38N4. The zero-order valence-electron chi connectivity index (χ0n) is 34.3. The number of rotatable bonds is 3. The van der Waals surface area contributed by atoms with Gasteiger partial charge in [-0.25, -0.2) is 4.99 Å². The summed E-state index contributed by atoms with van der Waals surface area (Å²) in [4.78, 5) is 5.99. The van der Waals surface area contributed by atoms with E-state index >= 15 is 0 Å². The molecule has 0 amide bonds. The van der Waals surface area contributed by atoms with E-state index in [4.69, 9.17) is 4.99 Å². The number of hydrogen-bond donors (Lipinski definition) is 1. The van der Waals surface area contributed by atoms with E-state index in [9.17, 15) is 0 Å². The Morgan fingerprint density at radius 3 is 2.13 bits per heavy atom. The first-order valence-electron chi connectivity index (χ1n) is 22.3. The molecule has 0 saturated carbocycles. The van der Waals surface area contributed by atoms with Crippen LogP contribution < -0.4 is 5.32 Å². The number of hydrogen-bond acceptors (Lipinski definition) is 2. The van der Waals surface area contributed by atoms with Crippen LogP contribution in [0.25, 0.3) is 93.1 Å². The van der Waals surface area contributed by atoms with Gasteiger partial charge in [-0.3, -0.25) is 0 Å². The molecule has 4 nitrogen and oxygen atoms in total. The van der Waals surface area contributed by atoms with Crippen molar-refractivity contribution in [1.29, 1.82) is 0 Å². The van der Waals surface area contributed by atoms with Gasteiger partial charge in [0.1, 0.15) is 0 Å². The van der Waals surface area contributed by atoms with Gasteiger partial charge in [0.15, 0.2) is 0 Å². The molecule has 3 aliphatic carbocycles. The average molecular weight is 803 g/mol. The number of para-hydroxylation sites is 3. The van der Waals surface area contributed by atoms with E-state index in [1.807, 2.05) is 0 Å². The highest BCUT2D eigenvalue weighted by Crippen LogP contribution is 2.62. The smallest absolute Gasteiger partial charge is 0.201 e. The lowest BCUT2D eigenvalue weighted by Gasteiger charge is -2.31. The highest BCUT2D eigenvalue weighted by Gasteiger charge is 2.42. The van der Waals surface area contributed by atoms with Gasteiger partial charge >= 0.3 is 0 Å². The molecule has 4 aliphatic rings. The molecule has 11 aromatic rings. The summed E-state index contributed by atoms with van der Waals surface area (Å²) in [7, 11) is 0. The molecule has 2 aromatic heterocycles. The van der Waals surface area contributed by atoms with Gasteiger partial charge in [-0.05, 0) is 98.3 Å². The molecule has 2 atom stereocenters. The fourth-order valence-corrected chi connectivity index (χ4v) is 12.2. The second kappa shape index (κ2) is 12.3. The van der Waals surface area contributed by atoms with E-state index < -0.39 is 6.29 Å². The molecule has 294 valence electrons. The van der Waals surface area contributed by atoms with Gasteiger partial charge in [0.05, 0.1) is 27.8 Å². The van der Waals surface area contributed by atoms with Crippen LogP contribution in [0.3, 0.4) is 0 Å². The van der Waals surface area contributed by atoms with Crippen LogP contribution in [-0.4, -0.2) is 14.8 Å². The third-order valence-corrected chi connectivity index (χ3v) is 14.6. The zero-order chi connectivity index (χ0) is 40.9. The Morgan fingerprint density at radius 2 is 1.21 bits per heavy atom. The molecule has 3 heterocycles. The molecule has 9 aromatic carbocycles. The molecule has 2 unspecified atom stereocenters. The van der Waals surface area contributed by atoms with Crippen molar-refractivity contribution in [3.63, 3.8) is 0 Å². The maximum atomic E-state index is 5.99. The lowest BCUT2D eigenvalue weighted by Crippen LogP contribution is -2.33. The number of benzene rings is 9. The summed E-state index contributed by atoms with van der Waals surface area (Å²) in [5.41, 5.74) is 20.3. The molecule has 0 saturated heterocycles. The molecule has 1 N–H and O–H groups in total. The fraction of sp³-hybridized carbons (Fsp3) is 0.0678. The first-order valence-corrected chi connectivity index (χ1v) is 22.3. The average Bonchev–Trinajstić information content (AvgIpc) is 4.09. The Balaban J connectivity index is 1.08. The fourth-order valence-electron chi connectivity index (χ4n) is 12.2. The van der Waals surface area contributed by atoms with Gasteiger partial charge < -0.3 is 14.5 Å². The van der Waals surface area contributed by atoms with Crippen molar-refractivity contribution in [2.24, 2.45) is 4.99 Å². The third-order valence-electron chi connectivity index (χ3n) is 14.6. The SMILES string of the molecule is C1=CC2=C(CC1)C(c1cccc3c4ccccc4n(-c4ccccc4)c13)=NC(n1c3ccc4ccccc4c3c3c4c(c5ccccc5c31)C1c3ccccc3-c3cccc-4c31)N2. The van der Waals surface area contributed by atoms with Crippen molar-refractivity contribution in [1.82, 2.24) is 14.5 Å². The van der Waals surface area contributed by atoms with Crippen molar-refractivity contribution >= 4 is 70.9 Å². The lowest BCUT2D eigenvalue weighted by atomic mass is 9.86. The quantitative estimate of drug-likeness (QED) is 0.190. The Bertz CT molecular complexity index is 3950. The first kappa shape index (κ1) is 33.7. The van der Waals surface area contributed by atoms with Crippen LogP contribution in [0, 0.1) is 0 Å². The molecule has 1 aliphatic heterocycles. The maximum absolute atomic E-state index is 5.99. The number of aromatic nitrogens is 2. The predicted octanol–water partition coefficient (Wildman–Crippen LogP) is 14.5. The Kier molecular flexibility index (Phi) is 6.60. The van der Waals surface area contributed by atoms with Gasteiger partial charge in [0.25, 0.3) is 0 Å². The topological polar surface area (TPSA) is 34.2 Å². The van der Waals surface area contributed by atoms with Crippen molar-refractivity contribution in [3.8, 4) is 27.9 Å². The highest BCUT2D eigenvalue weighted by atomic mass is 15.3. The van der Waals surface area contributed by atoms with E-state index in [2.05, 4.69) is 203 Å². The minimum atomic E-state index is -0.425. The van der Waals surface area contributed by atoms with Crippen molar-refractivity contribution in [2.45, 2.75) is 25.0 Å². The monoisotopic (exact) mass is 802 g/mol. The first-order chi connectivity index (χ1) is 31.3. The summed E-state index contributed by atoms with van der Waals surface area (Å²) in [6, 6.07) is 65.3. The van der Waals surface area contributed by atoms with Crippen molar-refractivity contribution in [3.05, 3.63) is 222 Å². The minimum absolute atomic E-state index is 0.180. The van der Waals surface area contributed by atoms with Gasteiger partial charge in [-0.1, -0.05) is 158 Å². The number of allylic oxidation sites excluding steroid dienone is 3. The van der Waals surface area contributed by atoms with E-state index in [1.54, 1.807) is 0 Å². The van der Waals surface area contributed by atoms with Crippen LogP contribution in [0.15, 0.2) is 204 Å². The Labute approximate surface area is 363 Å². The summed E-state index contributed by atoms with van der Waals surface area (Å²) in [6.07, 6.45) is 6.09. The molecule has 0 radical (unpaired) electrons. The number of fused-ring (bicyclic) bond motifs is 18. The van der Waals surface area contributed by atoms with Crippen LogP contribution >= 0.6 is 0 Å². The van der Waals surface area contributed by atoms with Crippen molar-refractivity contribution < 1.29 is 0 Å². The predicted molar refractivity (Wildman–Crippen MR) is 261 cm³/mol. The van der Waals surface area contributed by atoms with E-state index in [0.717, 1.165) is 35.5 Å². The van der Waals surface area contributed by atoms with Crippen LogP contribution in [0.2, 0.25) is 0 Å². The van der Waals surface area contributed by atoms with Crippen LogP contribution in [-0.2, 0) is 0 Å². The molecule has 4 heteroatoms. The largest absolute Gasteiger partial charge is 0.346 e. The van der Waals surface area contributed by atoms with Crippen LogP contribution in [0.4, 0.5) is 0 Å². The van der Waals surface area contributed by atoms with Gasteiger partial charge in [-0.15, -0.1) is 0 Å². The van der Waals surface area contributed by atoms with Gasteiger partial charge in [-0.2, -0.15) is 0 Å². The number of aliphatic imine (C=N–C) groups is 1. The van der Waals surface area contributed by atoms with Gasteiger partial charge in [0.2, 0.25) is 6.29 Å². The molecule has 63 heavy (non-hydrogen) atoms. The molecule has 0 bridgehead atoms. The second-order valence-electron chi connectivity index (χ2n) is 17.6. The van der Waals surface area contributed by atoms with E-state index in [-0.39, 0.29) is 5.92 Å². The van der Waals surface area contributed by atoms with Crippen LogP contribution in [0.1, 0.15) is 47.3 Å². The number of nitrogens with zero attached hydrogens (tertiary/aromatic N) is 3. The summed E-state index contributed by atoms with van der Waals surface area (Å²) in [5.74, 6) is 0.180. The summed E-state index contributed by atoms with van der Waals surface area (Å²) < 4.78 is 5.00. The second-order valence-corrected chi connectivity index (χ2v) is 17.6. The van der Waals surface area contributed by atoms with E-state index in [1.165, 1.54) is 110 Å². The normalized spacial score (nSPS) is 17.2. The third kappa shape index (κ3) is 4.32. The summed E-state index contributed by atoms with van der Waals surface area (Å²) in [5, 5.41) is 14.2. The highest BCUT2D eigenvalue weighted by molar-refractivity contribution is 6.32. The standard InChI is InChI=1S/C59H38N4/c1-2-17-35(18-3-1)62-48-31-13-11-21-38(48)42-27-15-29-46(57(42)62)56-44-25-10-12-30-47(44)60-59(61-56)63-49-33-32-34-16-4-5-19-36(34)51(49)55-54-45-28-14-26-39-37-20-6-7-22-40(37)52(50(39)45)53(54)41-23-8-9-24-43(41)58(55)63/h1-9,11-24,26-33,52,59-60H,10,25H2.